The molecule has 1 aliphatic rings. The van der Waals surface area contributed by atoms with E-state index in [9.17, 15) is 9.18 Å². The number of carbonyl (C=O) groups excluding carboxylic acids is 1. The first-order valence-corrected chi connectivity index (χ1v) is 8.81. The molecule has 0 radical (unpaired) electrons. The fourth-order valence-electron chi connectivity index (χ4n) is 3.29. The number of carbonyl (C=O) groups is 1. The maximum atomic E-state index is 13.2. The second-order valence-corrected chi connectivity index (χ2v) is 6.37. The van der Waals surface area contributed by atoms with Crippen LogP contribution >= 0.6 is 0 Å². The zero-order valence-electron chi connectivity index (χ0n) is 14.1. The first-order chi connectivity index (χ1) is 11.2. The Labute approximate surface area is 138 Å². The monoisotopic (exact) mass is 321 g/mol. The van der Waals surface area contributed by atoms with Crippen LogP contribution in [0.3, 0.4) is 0 Å². The van der Waals surface area contributed by atoms with Crippen LogP contribution in [0, 0.1) is 5.82 Å². The van der Waals surface area contributed by atoms with Gasteiger partial charge in [-0.3, -0.25) is 4.79 Å². The summed E-state index contributed by atoms with van der Waals surface area (Å²) in [6, 6.07) is 6.41. The largest absolute Gasteiger partial charge is 0.381 e. The lowest BCUT2D eigenvalue weighted by Crippen LogP contribution is -2.43. The van der Waals surface area contributed by atoms with E-state index in [0.29, 0.717) is 13.2 Å². The predicted molar refractivity (Wildman–Crippen MR) is 89.9 cm³/mol. The Morgan fingerprint density at radius 2 is 1.83 bits per heavy atom. The van der Waals surface area contributed by atoms with Gasteiger partial charge in [0.2, 0.25) is 5.91 Å². The van der Waals surface area contributed by atoms with Gasteiger partial charge in [0.15, 0.2) is 0 Å². The van der Waals surface area contributed by atoms with E-state index in [2.05, 4.69) is 12.2 Å². The second kappa shape index (κ2) is 9.02. The summed E-state index contributed by atoms with van der Waals surface area (Å²) in [4.78, 5) is 12.7. The van der Waals surface area contributed by atoms with Crippen molar-refractivity contribution in [3.63, 3.8) is 0 Å². The molecule has 1 amide bonds. The molecule has 128 valence electrons. The quantitative estimate of drug-likeness (QED) is 0.699. The van der Waals surface area contributed by atoms with Crippen molar-refractivity contribution in [1.29, 1.82) is 0 Å². The van der Waals surface area contributed by atoms with E-state index >= 15 is 0 Å². The number of hydrogen-bond donors (Lipinski definition) is 1. The Hall–Kier alpha value is -1.42. The number of nitrogens with one attached hydrogen (secondary N) is 1. The standard InChI is InChI=1S/C19H28FNO2/c1-2-3-14-23-15-6-13-21-18(22)19(11-4-5-12-19)16-7-9-17(20)10-8-16/h7-10H,2-6,11-15H2,1H3,(H,21,22). The average Bonchev–Trinajstić information content (AvgIpc) is 3.05. The molecule has 0 aliphatic heterocycles. The Kier molecular flexibility index (Phi) is 7.03. The molecule has 23 heavy (non-hydrogen) atoms. The van der Waals surface area contributed by atoms with Gasteiger partial charge in [-0.1, -0.05) is 38.3 Å². The lowest BCUT2D eigenvalue weighted by Gasteiger charge is -2.28. The summed E-state index contributed by atoms with van der Waals surface area (Å²) < 4.78 is 18.7. The molecule has 0 atom stereocenters. The number of amides is 1. The molecule has 1 N–H and O–H groups in total. The fraction of sp³-hybridized carbons (Fsp3) is 0.632. The molecule has 4 heteroatoms. The van der Waals surface area contributed by atoms with Crippen molar-refractivity contribution in [3.8, 4) is 0 Å². The van der Waals surface area contributed by atoms with Crippen LogP contribution in [0.2, 0.25) is 0 Å². The normalized spacial score (nSPS) is 16.4. The molecule has 2 rings (SSSR count). The van der Waals surface area contributed by atoms with Crippen molar-refractivity contribution in [2.75, 3.05) is 19.8 Å². The topological polar surface area (TPSA) is 38.3 Å². The van der Waals surface area contributed by atoms with Crippen molar-refractivity contribution in [1.82, 2.24) is 5.32 Å². The van der Waals surface area contributed by atoms with E-state index in [1.54, 1.807) is 12.1 Å². The van der Waals surface area contributed by atoms with Crippen molar-refractivity contribution in [2.45, 2.75) is 57.3 Å². The average molecular weight is 321 g/mol. The molecular weight excluding hydrogens is 293 g/mol. The van der Waals surface area contributed by atoms with Gasteiger partial charge in [-0.05, 0) is 43.4 Å². The summed E-state index contributed by atoms with van der Waals surface area (Å²) in [6.07, 6.45) is 6.83. The summed E-state index contributed by atoms with van der Waals surface area (Å²) in [6.45, 7) is 4.25. The molecule has 1 aromatic carbocycles. The fourth-order valence-corrected chi connectivity index (χ4v) is 3.29. The van der Waals surface area contributed by atoms with Gasteiger partial charge in [0, 0.05) is 19.8 Å². The Morgan fingerprint density at radius 3 is 2.48 bits per heavy atom. The van der Waals surface area contributed by atoms with Gasteiger partial charge in [-0.25, -0.2) is 4.39 Å². The van der Waals surface area contributed by atoms with E-state index in [4.69, 9.17) is 4.74 Å². The zero-order valence-corrected chi connectivity index (χ0v) is 14.1. The van der Waals surface area contributed by atoms with Gasteiger partial charge in [-0.2, -0.15) is 0 Å². The van der Waals surface area contributed by atoms with E-state index < -0.39 is 5.41 Å². The summed E-state index contributed by atoms with van der Waals surface area (Å²) in [5, 5.41) is 3.06. The highest BCUT2D eigenvalue weighted by molar-refractivity contribution is 5.88. The van der Waals surface area contributed by atoms with Crippen LogP contribution in [0.1, 0.15) is 57.4 Å². The highest BCUT2D eigenvalue weighted by Crippen LogP contribution is 2.41. The molecule has 1 saturated carbocycles. The first-order valence-electron chi connectivity index (χ1n) is 8.81. The molecule has 1 aromatic rings. The molecule has 1 fully saturated rings. The summed E-state index contributed by atoms with van der Waals surface area (Å²) in [5.74, 6) is -0.179. The van der Waals surface area contributed by atoms with Crippen LogP contribution in [-0.2, 0) is 14.9 Å². The van der Waals surface area contributed by atoms with Gasteiger partial charge in [-0.15, -0.1) is 0 Å². The first kappa shape index (κ1) is 17.9. The van der Waals surface area contributed by atoms with Gasteiger partial charge >= 0.3 is 0 Å². The summed E-state index contributed by atoms with van der Waals surface area (Å²) in [5.41, 5.74) is 0.463. The van der Waals surface area contributed by atoms with E-state index in [0.717, 1.165) is 57.1 Å². The molecule has 0 aromatic heterocycles. The van der Waals surface area contributed by atoms with E-state index in [1.165, 1.54) is 12.1 Å². The minimum atomic E-state index is -0.475. The number of rotatable bonds is 9. The van der Waals surface area contributed by atoms with Gasteiger partial charge in [0.1, 0.15) is 5.82 Å². The summed E-state index contributed by atoms with van der Waals surface area (Å²) >= 11 is 0. The van der Waals surface area contributed by atoms with Gasteiger partial charge in [0.25, 0.3) is 0 Å². The maximum Gasteiger partial charge on any atom is 0.230 e. The minimum absolute atomic E-state index is 0.0789. The molecule has 1 aliphatic carbocycles. The van der Waals surface area contributed by atoms with Gasteiger partial charge in [0.05, 0.1) is 5.41 Å². The number of hydrogen-bond acceptors (Lipinski definition) is 2. The Morgan fingerprint density at radius 1 is 1.17 bits per heavy atom. The zero-order chi connectivity index (χ0) is 16.5. The van der Waals surface area contributed by atoms with Crippen LogP contribution < -0.4 is 5.32 Å². The number of ether oxygens (including phenoxy) is 1. The lowest BCUT2D eigenvalue weighted by molar-refractivity contribution is -0.126. The number of halogens is 1. The van der Waals surface area contributed by atoms with Crippen LogP contribution in [0.15, 0.2) is 24.3 Å². The molecule has 0 spiro atoms. The predicted octanol–water partition coefficient (Wildman–Crippen LogP) is 3.96. The van der Waals surface area contributed by atoms with Crippen molar-refractivity contribution < 1.29 is 13.9 Å². The highest BCUT2D eigenvalue weighted by Gasteiger charge is 2.42. The lowest BCUT2D eigenvalue weighted by atomic mass is 9.78. The van der Waals surface area contributed by atoms with Crippen LogP contribution in [0.25, 0.3) is 0 Å². The molecule has 0 heterocycles. The van der Waals surface area contributed by atoms with Crippen LogP contribution in [0.4, 0.5) is 4.39 Å². The van der Waals surface area contributed by atoms with Crippen LogP contribution in [-0.4, -0.2) is 25.7 Å². The Bertz CT molecular complexity index is 481. The second-order valence-electron chi connectivity index (χ2n) is 6.37. The van der Waals surface area contributed by atoms with Crippen LogP contribution in [0.5, 0.6) is 0 Å². The van der Waals surface area contributed by atoms with Crippen molar-refractivity contribution in [2.24, 2.45) is 0 Å². The number of benzene rings is 1. The molecule has 0 unspecified atom stereocenters. The third-order valence-corrected chi connectivity index (χ3v) is 4.68. The van der Waals surface area contributed by atoms with Crippen molar-refractivity contribution in [3.05, 3.63) is 35.6 Å². The number of unbranched alkanes of at least 4 members (excludes halogenated alkanes) is 1. The van der Waals surface area contributed by atoms with E-state index in [1.807, 2.05) is 0 Å². The van der Waals surface area contributed by atoms with E-state index in [-0.39, 0.29) is 11.7 Å². The Balaban J connectivity index is 1.85. The van der Waals surface area contributed by atoms with Gasteiger partial charge < -0.3 is 10.1 Å². The SMILES string of the molecule is CCCCOCCCNC(=O)C1(c2ccc(F)cc2)CCCC1. The minimum Gasteiger partial charge on any atom is -0.381 e. The maximum absolute atomic E-state index is 13.2. The summed E-state index contributed by atoms with van der Waals surface area (Å²) in [7, 11) is 0. The molecule has 0 bridgehead atoms. The third kappa shape index (κ3) is 4.77. The van der Waals surface area contributed by atoms with Crippen molar-refractivity contribution >= 4 is 5.91 Å². The highest BCUT2D eigenvalue weighted by atomic mass is 19.1. The third-order valence-electron chi connectivity index (χ3n) is 4.68. The smallest absolute Gasteiger partial charge is 0.230 e. The molecular formula is C19H28FNO2. The molecule has 3 nitrogen and oxygen atoms in total. The molecule has 0 saturated heterocycles.